The normalized spacial score (nSPS) is 33.5. The lowest BCUT2D eigenvalue weighted by Crippen LogP contribution is -2.39. The molecule has 4 rings (SSSR count). The van der Waals surface area contributed by atoms with Gasteiger partial charge in [-0.3, -0.25) is 0 Å². The van der Waals surface area contributed by atoms with Crippen LogP contribution >= 0.6 is 0 Å². The van der Waals surface area contributed by atoms with E-state index in [0.29, 0.717) is 5.65 Å². The van der Waals surface area contributed by atoms with E-state index in [0.717, 1.165) is 23.9 Å². The van der Waals surface area contributed by atoms with Crippen molar-refractivity contribution in [3.8, 4) is 0 Å². The molecule has 22 heavy (non-hydrogen) atoms. The van der Waals surface area contributed by atoms with Crippen molar-refractivity contribution in [2.45, 2.75) is 50.4 Å². The third-order valence-corrected chi connectivity index (χ3v) is 4.70. The summed E-state index contributed by atoms with van der Waals surface area (Å²) in [5.41, 5.74) is 1.48. The van der Waals surface area contributed by atoms with Gasteiger partial charge in [-0.2, -0.15) is 0 Å². The zero-order chi connectivity index (χ0) is 15.4. The molecule has 2 aromatic rings. The smallest absolute Gasteiger partial charge is 0.164 e. The van der Waals surface area contributed by atoms with Crippen molar-refractivity contribution in [2.24, 2.45) is 5.92 Å². The molecule has 0 aromatic carbocycles. The van der Waals surface area contributed by atoms with Crippen molar-refractivity contribution in [2.75, 3.05) is 0 Å². The van der Waals surface area contributed by atoms with E-state index >= 15 is 0 Å². The summed E-state index contributed by atoms with van der Waals surface area (Å²) in [6.07, 6.45) is 0.605. The van der Waals surface area contributed by atoms with Crippen molar-refractivity contribution in [3.05, 3.63) is 24.3 Å². The molecule has 0 bridgehead atoms. The molecule has 0 unspecified atom stereocenters. The van der Waals surface area contributed by atoms with Gasteiger partial charge in [0.2, 0.25) is 0 Å². The Morgan fingerprint density at radius 3 is 2.77 bits per heavy atom. The maximum absolute atomic E-state index is 10.3. The molecule has 5 atom stereocenters. The first-order valence-electron chi connectivity index (χ1n) is 7.55. The number of hydrogen-bond donors (Lipinski definition) is 3. The Labute approximate surface area is 127 Å². The number of aliphatic hydroxyl groups is 3. The lowest BCUT2D eigenvalue weighted by Gasteiger charge is -2.20. The molecule has 1 aliphatic heterocycles. The minimum atomic E-state index is -1.11. The molecule has 2 aliphatic rings. The van der Waals surface area contributed by atoms with Crippen LogP contribution in [0.3, 0.4) is 0 Å². The summed E-state index contributed by atoms with van der Waals surface area (Å²) in [7, 11) is 0. The van der Waals surface area contributed by atoms with Crippen LogP contribution < -0.4 is 0 Å². The second-order valence-corrected chi connectivity index (χ2v) is 6.22. The van der Waals surface area contributed by atoms with Crippen LogP contribution in [0.1, 0.15) is 24.8 Å². The van der Waals surface area contributed by atoms with Gasteiger partial charge < -0.3 is 24.6 Å². The van der Waals surface area contributed by atoms with Gasteiger partial charge in [-0.15, -0.1) is 0 Å². The summed E-state index contributed by atoms with van der Waals surface area (Å²) >= 11 is 0. The average molecular weight is 305 g/mol. The van der Waals surface area contributed by atoms with Gasteiger partial charge in [-0.1, -0.05) is 0 Å². The van der Waals surface area contributed by atoms with Crippen LogP contribution in [-0.2, 0) is 4.74 Å². The second-order valence-electron chi connectivity index (χ2n) is 6.22. The van der Waals surface area contributed by atoms with E-state index in [2.05, 4.69) is 9.97 Å². The first-order valence-corrected chi connectivity index (χ1v) is 7.55. The Bertz CT molecular complexity index is 699. The van der Waals surface area contributed by atoms with Gasteiger partial charge >= 0.3 is 0 Å². The largest absolute Gasteiger partial charge is 0.390 e. The predicted octanol–water partition coefficient (Wildman–Crippen LogP) is 0.130. The quantitative estimate of drug-likeness (QED) is 0.745. The first-order chi connectivity index (χ1) is 10.6. The summed E-state index contributed by atoms with van der Waals surface area (Å²) in [6, 6.07) is 1.86. The highest BCUT2D eigenvalue weighted by Crippen LogP contribution is 2.41. The molecule has 1 saturated heterocycles. The lowest BCUT2D eigenvalue weighted by molar-refractivity contribution is -0.0895. The first kappa shape index (κ1) is 14.1. The Balaban J connectivity index is 1.68. The number of aliphatic hydroxyl groups excluding tert-OH is 3. The fourth-order valence-electron chi connectivity index (χ4n) is 3.21. The molecule has 118 valence electrons. The molecule has 0 spiro atoms. The highest BCUT2D eigenvalue weighted by Gasteiger charge is 2.50. The topological polar surface area (TPSA) is 101 Å². The maximum Gasteiger partial charge on any atom is 0.164 e. The van der Waals surface area contributed by atoms with E-state index < -0.39 is 30.6 Å². The Hall–Kier alpha value is -1.54. The van der Waals surface area contributed by atoms with E-state index in [1.807, 2.05) is 13.0 Å². The van der Waals surface area contributed by atoms with E-state index in [9.17, 15) is 15.3 Å². The number of nitrogens with zero attached hydrogens (tertiary/aromatic N) is 3. The Kier molecular flexibility index (Phi) is 3.19. The van der Waals surface area contributed by atoms with Crippen molar-refractivity contribution >= 4 is 11.0 Å². The highest BCUT2D eigenvalue weighted by atomic mass is 16.6. The molecule has 2 fully saturated rings. The fourth-order valence-corrected chi connectivity index (χ4v) is 3.21. The van der Waals surface area contributed by atoms with Crippen molar-refractivity contribution < 1.29 is 20.1 Å². The molecule has 3 N–H and O–H groups in total. The van der Waals surface area contributed by atoms with Gasteiger partial charge in [0.15, 0.2) is 6.23 Å². The van der Waals surface area contributed by atoms with Gasteiger partial charge in [-0.25, -0.2) is 9.97 Å². The SMILES string of the molecule is Cc1ncnc2c1ccn2[C@@H]1O[C@H]([C@H](O)C2CC2)[C@@H](O)[C@H]1O. The fraction of sp³-hybridized carbons (Fsp3) is 0.600. The molecular formula is C15H19N3O4. The van der Waals surface area contributed by atoms with Crippen LogP contribution in [0.15, 0.2) is 18.6 Å². The van der Waals surface area contributed by atoms with Crippen LogP contribution in [0, 0.1) is 12.8 Å². The molecule has 3 heterocycles. The molecule has 0 radical (unpaired) electrons. The predicted molar refractivity (Wildman–Crippen MR) is 76.9 cm³/mol. The number of fused-ring (bicyclic) bond motifs is 1. The number of aryl methyl sites for hydroxylation is 1. The summed E-state index contributed by atoms with van der Waals surface area (Å²) in [4.78, 5) is 8.38. The lowest BCUT2D eigenvalue weighted by atomic mass is 10.0. The van der Waals surface area contributed by atoms with Crippen molar-refractivity contribution in [1.82, 2.24) is 14.5 Å². The summed E-state index contributed by atoms with van der Waals surface area (Å²) < 4.78 is 7.49. The molecular weight excluding hydrogens is 286 g/mol. The van der Waals surface area contributed by atoms with Crippen molar-refractivity contribution in [3.63, 3.8) is 0 Å². The molecule has 7 heteroatoms. The minimum absolute atomic E-state index is 0.163. The third kappa shape index (κ3) is 2.04. The van der Waals surface area contributed by atoms with Gasteiger partial charge in [0.1, 0.15) is 30.3 Å². The van der Waals surface area contributed by atoms with Crippen molar-refractivity contribution in [1.29, 1.82) is 0 Å². The minimum Gasteiger partial charge on any atom is -0.390 e. The monoisotopic (exact) mass is 305 g/mol. The zero-order valence-corrected chi connectivity index (χ0v) is 12.2. The highest BCUT2D eigenvalue weighted by molar-refractivity contribution is 5.78. The molecule has 1 aliphatic carbocycles. The number of aromatic nitrogens is 3. The van der Waals surface area contributed by atoms with Crippen LogP contribution in [0.2, 0.25) is 0 Å². The van der Waals surface area contributed by atoms with E-state index in [1.54, 1.807) is 10.8 Å². The zero-order valence-electron chi connectivity index (χ0n) is 12.2. The van der Waals surface area contributed by atoms with Crippen LogP contribution in [0.5, 0.6) is 0 Å². The summed E-state index contributed by atoms with van der Waals surface area (Å²) in [6.45, 7) is 1.88. The Morgan fingerprint density at radius 1 is 1.27 bits per heavy atom. The van der Waals surface area contributed by atoms with Gasteiger partial charge in [0.25, 0.3) is 0 Å². The van der Waals surface area contributed by atoms with E-state index in [4.69, 9.17) is 4.74 Å². The molecule has 7 nitrogen and oxygen atoms in total. The molecule has 0 amide bonds. The van der Waals surface area contributed by atoms with Gasteiger partial charge in [-0.05, 0) is 31.7 Å². The van der Waals surface area contributed by atoms with Crippen LogP contribution in [-0.4, -0.2) is 54.3 Å². The standard InChI is InChI=1S/C15H19N3O4/c1-7-9-4-5-18(14(9)17-6-16-7)15-12(21)11(20)13(22-15)10(19)8-2-3-8/h4-6,8,10-13,15,19-21H,2-3H2,1H3/t10-,11+,12-,13-,15-/m1/s1. The van der Waals surface area contributed by atoms with E-state index in [1.165, 1.54) is 6.33 Å². The van der Waals surface area contributed by atoms with Crippen LogP contribution in [0.4, 0.5) is 0 Å². The molecule has 2 aromatic heterocycles. The van der Waals surface area contributed by atoms with Gasteiger partial charge in [0, 0.05) is 11.6 Å². The number of rotatable bonds is 3. The van der Waals surface area contributed by atoms with Gasteiger partial charge in [0.05, 0.1) is 11.8 Å². The number of hydrogen-bond acceptors (Lipinski definition) is 6. The average Bonchev–Trinajstić information content (AvgIpc) is 3.21. The third-order valence-electron chi connectivity index (χ3n) is 4.70. The van der Waals surface area contributed by atoms with Crippen LogP contribution in [0.25, 0.3) is 11.0 Å². The summed E-state index contributed by atoms with van der Waals surface area (Å²) in [5.74, 6) is 0.163. The Morgan fingerprint density at radius 2 is 2.05 bits per heavy atom. The second kappa shape index (κ2) is 4.99. The number of ether oxygens (including phenoxy) is 1. The summed E-state index contributed by atoms with van der Waals surface area (Å²) in [5, 5.41) is 31.6. The molecule has 1 saturated carbocycles. The van der Waals surface area contributed by atoms with E-state index in [-0.39, 0.29) is 5.92 Å². The maximum atomic E-state index is 10.3.